The zero-order valence-electron chi connectivity index (χ0n) is 11.2. The monoisotopic (exact) mass is 350 g/mol. The van der Waals surface area contributed by atoms with Gasteiger partial charge in [-0.3, -0.25) is 10.2 Å². The Morgan fingerprint density at radius 3 is 2.38 bits per heavy atom. The highest BCUT2D eigenvalue weighted by Gasteiger charge is 2.23. The van der Waals surface area contributed by atoms with Crippen molar-refractivity contribution >= 4 is 39.1 Å². The van der Waals surface area contributed by atoms with E-state index in [1.807, 2.05) is 0 Å². The Labute approximate surface area is 134 Å². The van der Waals surface area contributed by atoms with Gasteiger partial charge in [0.15, 0.2) is 0 Å². The average Bonchev–Trinajstić information content (AvgIpc) is 2.48. The number of carbonyl (C=O) groups excluding carboxylic acids is 1. The molecule has 0 saturated heterocycles. The number of sulfonamides is 1. The normalized spacial score (nSPS) is 16.7. The van der Waals surface area contributed by atoms with Gasteiger partial charge in [-0.1, -0.05) is 42.5 Å². The minimum Gasteiger partial charge on any atom is -0.277 e. The molecule has 21 heavy (non-hydrogen) atoms. The molecular weight excluding hydrogens is 335 g/mol. The third-order valence-corrected chi connectivity index (χ3v) is 5.47. The molecule has 0 radical (unpaired) electrons. The van der Waals surface area contributed by atoms with Crippen LogP contribution in [0.25, 0.3) is 0 Å². The number of hydrogen-bond acceptors (Lipinski definition) is 3. The lowest BCUT2D eigenvalue weighted by Crippen LogP contribution is -2.44. The number of amides is 1. The zero-order chi connectivity index (χ0) is 15.5. The summed E-state index contributed by atoms with van der Waals surface area (Å²) in [7, 11) is -3.86. The van der Waals surface area contributed by atoms with E-state index in [0.717, 1.165) is 32.1 Å². The highest BCUT2D eigenvalue weighted by molar-refractivity contribution is 7.89. The first-order valence-corrected chi connectivity index (χ1v) is 8.91. The molecule has 0 spiro atoms. The molecular formula is C13H16Cl2N2O3S. The van der Waals surface area contributed by atoms with Crippen molar-refractivity contribution in [3.63, 3.8) is 0 Å². The maximum Gasteiger partial charge on any atom is 0.257 e. The second kappa shape index (κ2) is 6.96. The predicted octanol–water partition coefficient (Wildman–Crippen LogP) is 2.88. The van der Waals surface area contributed by atoms with Gasteiger partial charge >= 0.3 is 0 Å². The maximum absolute atomic E-state index is 12.1. The first kappa shape index (κ1) is 16.5. The van der Waals surface area contributed by atoms with Crippen molar-refractivity contribution in [3.05, 3.63) is 28.2 Å². The summed E-state index contributed by atoms with van der Waals surface area (Å²) in [6.45, 7) is 0. The van der Waals surface area contributed by atoms with Crippen LogP contribution in [0.2, 0.25) is 10.0 Å². The second-order valence-electron chi connectivity index (χ2n) is 5.01. The molecule has 8 heteroatoms. The second-order valence-corrected chi connectivity index (χ2v) is 7.50. The molecule has 2 rings (SSSR count). The molecule has 0 aromatic heterocycles. The van der Waals surface area contributed by atoms with E-state index in [1.54, 1.807) is 0 Å². The Hall–Kier alpha value is -0.820. The Balaban J connectivity index is 2.00. The van der Waals surface area contributed by atoms with Crippen LogP contribution in [-0.2, 0) is 14.8 Å². The lowest BCUT2D eigenvalue weighted by Gasteiger charge is -2.20. The van der Waals surface area contributed by atoms with Gasteiger partial charge in [0, 0.05) is 5.92 Å². The fourth-order valence-electron chi connectivity index (χ4n) is 2.29. The molecule has 2 N–H and O–H groups in total. The minimum absolute atomic E-state index is 0.0548. The molecule has 1 aromatic carbocycles. The number of hydrogen-bond donors (Lipinski definition) is 2. The van der Waals surface area contributed by atoms with Crippen molar-refractivity contribution in [2.45, 2.75) is 37.0 Å². The molecule has 1 aliphatic rings. The van der Waals surface area contributed by atoms with Gasteiger partial charge in [0.1, 0.15) is 0 Å². The summed E-state index contributed by atoms with van der Waals surface area (Å²) in [6, 6.07) is 3.95. The van der Waals surface area contributed by atoms with E-state index >= 15 is 0 Å². The first-order valence-electron chi connectivity index (χ1n) is 6.67. The molecule has 5 nitrogen and oxygen atoms in total. The maximum atomic E-state index is 12.1. The van der Waals surface area contributed by atoms with Crippen LogP contribution in [0, 0.1) is 5.92 Å². The van der Waals surface area contributed by atoms with Crippen molar-refractivity contribution in [1.29, 1.82) is 0 Å². The van der Waals surface area contributed by atoms with Gasteiger partial charge in [-0.25, -0.2) is 8.42 Å². The minimum atomic E-state index is -3.86. The van der Waals surface area contributed by atoms with E-state index in [2.05, 4.69) is 10.3 Å². The topological polar surface area (TPSA) is 75.3 Å². The van der Waals surface area contributed by atoms with Gasteiger partial charge in [0.25, 0.3) is 10.0 Å². The van der Waals surface area contributed by atoms with Gasteiger partial charge in [0.05, 0.1) is 14.9 Å². The van der Waals surface area contributed by atoms with E-state index in [1.165, 1.54) is 18.2 Å². The molecule has 0 bridgehead atoms. The van der Waals surface area contributed by atoms with Crippen molar-refractivity contribution in [3.8, 4) is 0 Å². The Bertz CT molecular complexity index is 628. The summed E-state index contributed by atoms with van der Waals surface area (Å²) in [5, 5.41) is 0.403. The third-order valence-electron chi connectivity index (χ3n) is 3.49. The number of halogens is 2. The van der Waals surface area contributed by atoms with Crippen LogP contribution in [0.15, 0.2) is 23.1 Å². The van der Waals surface area contributed by atoms with Crippen molar-refractivity contribution in [2.24, 2.45) is 5.92 Å². The summed E-state index contributed by atoms with van der Waals surface area (Å²) >= 11 is 11.5. The summed E-state index contributed by atoms with van der Waals surface area (Å²) in [5.74, 6) is -0.423. The smallest absolute Gasteiger partial charge is 0.257 e. The highest BCUT2D eigenvalue weighted by Crippen LogP contribution is 2.25. The van der Waals surface area contributed by atoms with Crippen LogP contribution in [0.1, 0.15) is 32.1 Å². The lowest BCUT2D eigenvalue weighted by atomic mass is 9.89. The first-order chi connectivity index (χ1) is 9.90. The molecule has 0 heterocycles. The number of carbonyl (C=O) groups is 1. The van der Waals surface area contributed by atoms with Crippen LogP contribution < -0.4 is 10.3 Å². The summed E-state index contributed by atoms with van der Waals surface area (Å²) in [6.07, 6.45) is 4.70. The van der Waals surface area contributed by atoms with Gasteiger partial charge in [-0.2, -0.15) is 0 Å². The molecule has 116 valence electrons. The molecule has 0 unspecified atom stereocenters. The van der Waals surface area contributed by atoms with E-state index in [0.29, 0.717) is 0 Å². The van der Waals surface area contributed by atoms with Crippen LogP contribution in [0.4, 0.5) is 0 Å². The third kappa shape index (κ3) is 4.32. The lowest BCUT2D eigenvalue weighted by molar-refractivity contribution is -0.126. The van der Waals surface area contributed by atoms with Crippen molar-refractivity contribution in [1.82, 2.24) is 10.3 Å². The van der Waals surface area contributed by atoms with Crippen LogP contribution in [0.5, 0.6) is 0 Å². The van der Waals surface area contributed by atoms with Gasteiger partial charge < -0.3 is 0 Å². The molecule has 1 fully saturated rings. The summed E-state index contributed by atoms with van der Waals surface area (Å²) in [4.78, 5) is 13.9. The van der Waals surface area contributed by atoms with Crippen molar-refractivity contribution < 1.29 is 13.2 Å². The fraction of sp³-hybridized carbons (Fsp3) is 0.462. The SMILES string of the molecule is O=C(NNS(=O)(=O)c1ccc(Cl)c(Cl)c1)C1CCCCC1. The Kier molecular flexibility index (Phi) is 5.48. The predicted molar refractivity (Wildman–Crippen MR) is 81.5 cm³/mol. The van der Waals surface area contributed by atoms with E-state index in [4.69, 9.17) is 23.2 Å². The quantitative estimate of drug-likeness (QED) is 0.819. The number of rotatable bonds is 4. The number of hydrazine groups is 1. The van der Waals surface area contributed by atoms with Crippen molar-refractivity contribution in [2.75, 3.05) is 0 Å². The molecule has 0 atom stereocenters. The van der Waals surface area contributed by atoms with Crippen LogP contribution in [-0.4, -0.2) is 14.3 Å². The molecule has 1 aromatic rings. The van der Waals surface area contributed by atoms with E-state index in [9.17, 15) is 13.2 Å². The van der Waals surface area contributed by atoms with Crippen LogP contribution >= 0.6 is 23.2 Å². The molecule has 1 aliphatic carbocycles. The summed E-state index contributed by atoms with van der Waals surface area (Å²) in [5.41, 5.74) is 2.27. The molecule has 0 aliphatic heterocycles. The number of benzene rings is 1. The standard InChI is InChI=1S/C13H16Cl2N2O3S/c14-11-7-6-10(8-12(11)15)21(19,20)17-16-13(18)9-4-2-1-3-5-9/h6-9,17H,1-5H2,(H,16,18). The molecule has 1 amide bonds. The highest BCUT2D eigenvalue weighted by atomic mass is 35.5. The Morgan fingerprint density at radius 1 is 1.10 bits per heavy atom. The zero-order valence-corrected chi connectivity index (χ0v) is 13.6. The molecule has 1 saturated carbocycles. The van der Waals surface area contributed by atoms with Gasteiger partial charge in [-0.05, 0) is 31.0 Å². The fourth-order valence-corrected chi connectivity index (χ4v) is 3.52. The van der Waals surface area contributed by atoms with E-state index in [-0.39, 0.29) is 26.8 Å². The largest absolute Gasteiger partial charge is 0.277 e. The van der Waals surface area contributed by atoms with Crippen LogP contribution in [0.3, 0.4) is 0 Å². The van der Waals surface area contributed by atoms with Gasteiger partial charge in [-0.15, -0.1) is 4.83 Å². The van der Waals surface area contributed by atoms with Gasteiger partial charge in [0.2, 0.25) is 5.91 Å². The summed E-state index contributed by atoms with van der Waals surface area (Å²) < 4.78 is 24.1. The Morgan fingerprint density at radius 2 is 1.76 bits per heavy atom. The average molecular weight is 351 g/mol. The van der Waals surface area contributed by atoms with E-state index < -0.39 is 10.0 Å². The number of nitrogens with one attached hydrogen (secondary N) is 2.